The molecule has 0 aliphatic rings. The Labute approximate surface area is 378 Å². The lowest BCUT2D eigenvalue weighted by Crippen LogP contribution is -2.21. The molecule has 20 nitrogen and oxygen atoms in total. The van der Waals surface area contributed by atoms with Gasteiger partial charge in [-0.15, -0.1) is 68.4 Å². The fourth-order valence-corrected chi connectivity index (χ4v) is 9.32. The SMILES string of the molecule is CCN(CC)c1ccc(N=Nc2snc3sccc23)c(Nc2nc(Nc3cc(N(CC)CC)ccc3N=Nc3snc4sccc34)nc(SCCO)n2)c1.O=S(=O)=O.O=S(=O)=O. The molecule has 27 heteroatoms. The molecule has 326 valence electrons. The molecule has 0 radical (unpaired) electrons. The summed E-state index contributed by atoms with van der Waals surface area (Å²) < 4.78 is 59.7. The molecule has 0 amide bonds. The second kappa shape index (κ2) is 23.7. The average molecular weight is 976 g/mol. The van der Waals surface area contributed by atoms with Gasteiger partial charge in [-0.2, -0.15) is 23.7 Å². The Hall–Kier alpha value is -5.42. The summed E-state index contributed by atoms with van der Waals surface area (Å²) in [5.41, 5.74) is 4.61. The molecule has 0 fully saturated rings. The highest BCUT2D eigenvalue weighted by Crippen LogP contribution is 2.40. The first kappa shape index (κ1) is 47.6. The minimum absolute atomic E-state index is 0.0290. The molecule has 0 bridgehead atoms. The molecule has 0 spiro atoms. The van der Waals surface area contributed by atoms with Crippen LogP contribution < -0.4 is 20.4 Å². The molecule has 0 saturated carbocycles. The Bertz CT molecular complexity index is 2680. The molecule has 62 heavy (non-hydrogen) atoms. The fraction of sp³-hybridized carbons (Fsp3) is 0.286. The third-order valence-corrected chi connectivity index (χ3v) is 12.5. The van der Waals surface area contributed by atoms with E-state index in [1.54, 1.807) is 22.7 Å². The predicted octanol–water partition coefficient (Wildman–Crippen LogP) is 9.30. The van der Waals surface area contributed by atoms with Crippen molar-refractivity contribution in [1.29, 1.82) is 0 Å². The normalized spacial score (nSPS) is 11.0. The van der Waals surface area contributed by atoms with Crippen LogP contribution in [0.15, 0.2) is 84.9 Å². The van der Waals surface area contributed by atoms with Gasteiger partial charge in [0, 0.05) is 43.3 Å². The van der Waals surface area contributed by atoms with Gasteiger partial charge in [-0.25, -0.2) is 0 Å². The van der Waals surface area contributed by atoms with Crippen LogP contribution in [0.5, 0.6) is 0 Å². The minimum atomic E-state index is -3.11. The average Bonchev–Trinajstić information content (AvgIpc) is 4.05. The Kier molecular flexibility index (Phi) is 18.2. The first-order valence-electron chi connectivity index (χ1n) is 18.3. The van der Waals surface area contributed by atoms with Crippen molar-refractivity contribution >= 4 is 155 Å². The van der Waals surface area contributed by atoms with Gasteiger partial charge in [0.15, 0.2) is 15.2 Å². The van der Waals surface area contributed by atoms with Gasteiger partial charge in [0.05, 0.1) is 28.8 Å². The number of thiophene rings is 2. The third-order valence-electron chi connectivity index (χ3n) is 8.33. The lowest BCUT2D eigenvalue weighted by molar-refractivity contribution is 0.322. The lowest BCUT2D eigenvalue weighted by Gasteiger charge is -2.22. The van der Waals surface area contributed by atoms with E-state index in [1.807, 2.05) is 59.3 Å². The highest BCUT2D eigenvalue weighted by molar-refractivity contribution is 7.99. The number of benzene rings is 2. The van der Waals surface area contributed by atoms with Gasteiger partial charge in [0.25, 0.3) is 0 Å². The second-order valence-corrected chi connectivity index (χ2v) is 17.1. The monoisotopic (exact) mass is 975 g/mol. The van der Waals surface area contributed by atoms with E-state index in [-0.39, 0.29) is 6.61 Å². The van der Waals surface area contributed by atoms with Crippen molar-refractivity contribution in [1.82, 2.24) is 23.7 Å². The minimum Gasteiger partial charge on any atom is -0.396 e. The first-order chi connectivity index (χ1) is 30.0. The molecular weight excluding hydrogens is 939 g/mol. The number of azo groups is 2. The Morgan fingerprint density at radius 2 is 1.05 bits per heavy atom. The van der Waals surface area contributed by atoms with E-state index in [9.17, 15) is 5.11 Å². The Morgan fingerprint density at radius 3 is 1.44 bits per heavy atom. The summed E-state index contributed by atoms with van der Waals surface area (Å²) in [6, 6.07) is 16.0. The molecule has 0 atom stereocenters. The topological polar surface area (TPSA) is 267 Å². The van der Waals surface area contributed by atoms with E-state index in [2.05, 4.69) is 77.3 Å². The number of nitrogens with one attached hydrogen (secondary N) is 2. The summed E-state index contributed by atoms with van der Waals surface area (Å²) >= 11 is 7.13. The summed E-state index contributed by atoms with van der Waals surface area (Å²) in [4.78, 5) is 20.7. The first-order valence-corrected chi connectivity index (χ1v) is 24.6. The molecule has 5 heterocycles. The van der Waals surface area contributed by atoms with Crippen molar-refractivity contribution in [3.8, 4) is 0 Å². The number of fused-ring (bicyclic) bond motifs is 2. The molecule has 0 aliphatic heterocycles. The van der Waals surface area contributed by atoms with Gasteiger partial charge >= 0.3 is 21.2 Å². The molecular formula is C35H37N13O7S7. The molecule has 0 aliphatic carbocycles. The smallest absolute Gasteiger partial charge is 0.396 e. The number of aliphatic hydroxyl groups is 1. The lowest BCUT2D eigenvalue weighted by atomic mass is 10.2. The summed E-state index contributed by atoms with van der Waals surface area (Å²) in [5, 5.41) is 42.9. The standard InChI is InChI=1S/C35H37N13OS5.2O3S/c1-5-47(6-2)21-9-11-25(41-43-29-23-13-16-50-31(23)45-53-29)27(19-21)36-33-38-34(40-35(39-33)52-18-15-49)37-28-20-22(48(7-3)8-4)10-12-26(28)42-44-30-24-14-17-51-32(24)46-54-30;2*1-4(2)3/h9-14,16-17,19-20,49H,5-8,15,18H2,1-4H3,(H2,36,37,38,39,40);;. The third kappa shape index (κ3) is 13.3. The largest absolute Gasteiger partial charge is 0.425 e. The van der Waals surface area contributed by atoms with Crippen molar-refractivity contribution in [3.05, 3.63) is 59.3 Å². The summed E-state index contributed by atoms with van der Waals surface area (Å²) in [6.07, 6.45) is 0. The molecule has 7 rings (SSSR count). The van der Waals surface area contributed by atoms with E-state index in [1.165, 1.54) is 34.8 Å². The van der Waals surface area contributed by atoms with Crippen LogP contribution in [-0.4, -0.2) is 92.6 Å². The van der Waals surface area contributed by atoms with Crippen LogP contribution in [0, 0.1) is 0 Å². The number of hydrogen-bond acceptors (Lipinski definition) is 25. The van der Waals surface area contributed by atoms with Crippen molar-refractivity contribution < 1.29 is 30.4 Å². The summed E-state index contributed by atoms with van der Waals surface area (Å²) in [6.45, 7) is 11.8. The number of hydrogen-bond donors (Lipinski definition) is 3. The summed E-state index contributed by atoms with van der Waals surface area (Å²) in [7, 11) is -6.22. The number of aliphatic hydroxyl groups excluding tert-OH is 1. The van der Waals surface area contributed by atoms with Gasteiger partial charge in [0.1, 0.15) is 21.0 Å². The van der Waals surface area contributed by atoms with Gasteiger partial charge in [-0.1, -0.05) is 11.8 Å². The zero-order chi connectivity index (χ0) is 44.6. The fourth-order valence-electron chi connectivity index (χ4n) is 5.58. The highest BCUT2D eigenvalue weighted by atomic mass is 32.2. The zero-order valence-corrected chi connectivity index (χ0v) is 38.9. The molecule has 0 saturated heterocycles. The van der Waals surface area contributed by atoms with E-state index < -0.39 is 21.2 Å². The maximum absolute atomic E-state index is 9.66. The quantitative estimate of drug-likeness (QED) is 0.0566. The van der Waals surface area contributed by atoms with Crippen LogP contribution in [-0.2, 0) is 21.2 Å². The van der Waals surface area contributed by atoms with Gasteiger partial charge in [-0.3, -0.25) is 0 Å². The molecule has 5 aromatic heterocycles. The van der Waals surface area contributed by atoms with Crippen molar-refractivity contribution in [2.24, 2.45) is 20.5 Å². The van der Waals surface area contributed by atoms with E-state index in [0.29, 0.717) is 45.6 Å². The van der Waals surface area contributed by atoms with Crippen LogP contribution in [0.1, 0.15) is 27.7 Å². The summed E-state index contributed by atoms with van der Waals surface area (Å²) in [5.74, 6) is 1.01. The molecule has 7 aromatic rings. The maximum atomic E-state index is 9.66. The molecule has 0 unspecified atom stereocenters. The predicted molar refractivity (Wildman–Crippen MR) is 247 cm³/mol. The van der Waals surface area contributed by atoms with Crippen LogP contribution in [0.3, 0.4) is 0 Å². The number of aromatic nitrogens is 5. The Balaban J connectivity index is 0.000000836. The van der Waals surface area contributed by atoms with Gasteiger partial charge in [-0.05, 0) is 110 Å². The Morgan fingerprint density at radius 1 is 0.629 bits per heavy atom. The molecule has 3 N–H and O–H groups in total. The van der Waals surface area contributed by atoms with Gasteiger partial charge < -0.3 is 25.5 Å². The second-order valence-electron chi connectivity index (χ2n) is 11.9. The van der Waals surface area contributed by atoms with Crippen molar-refractivity contribution in [2.75, 3.05) is 59.0 Å². The maximum Gasteiger partial charge on any atom is 0.425 e. The number of rotatable bonds is 17. The van der Waals surface area contributed by atoms with E-state index in [0.717, 1.165) is 68.0 Å². The molecule has 2 aromatic carbocycles. The van der Waals surface area contributed by atoms with E-state index >= 15 is 0 Å². The van der Waals surface area contributed by atoms with Crippen molar-refractivity contribution in [2.45, 2.75) is 32.9 Å². The van der Waals surface area contributed by atoms with Crippen LogP contribution in [0.25, 0.3) is 20.4 Å². The number of anilines is 6. The highest BCUT2D eigenvalue weighted by Gasteiger charge is 2.16. The van der Waals surface area contributed by atoms with Crippen LogP contribution in [0.2, 0.25) is 0 Å². The number of nitrogens with zero attached hydrogens (tertiary/aromatic N) is 11. The van der Waals surface area contributed by atoms with Crippen LogP contribution >= 0.6 is 57.5 Å². The zero-order valence-electron chi connectivity index (χ0n) is 33.2. The number of thioether (sulfide) groups is 1. The van der Waals surface area contributed by atoms with Crippen molar-refractivity contribution in [3.63, 3.8) is 0 Å². The van der Waals surface area contributed by atoms with E-state index in [4.69, 9.17) is 40.2 Å². The van der Waals surface area contributed by atoms with Crippen LogP contribution in [0.4, 0.5) is 56.0 Å². The van der Waals surface area contributed by atoms with Gasteiger partial charge in [0.2, 0.25) is 11.9 Å².